The number of nitrogens with one attached hydrogen (secondary N) is 1. The van der Waals surface area contributed by atoms with Crippen LogP contribution in [0.15, 0.2) is 18.2 Å². The number of fused-ring (bicyclic) bond motifs is 1. The summed E-state index contributed by atoms with van der Waals surface area (Å²) in [5.41, 5.74) is 2.69. The zero-order valence-electron chi connectivity index (χ0n) is 10.9. The molecule has 98 valence electrons. The van der Waals surface area contributed by atoms with Gasteiger partial charge in [-0.05, 0) is 50.3 Å². The Bertz CT molecular complexity index is 702. The van der Waals surface area contributed by atoms with Crippen molar-refractivity contribution >= 4 is 23.3 Å². The minimum absolute atomic E-state index is 0.672. The quantitative estimate of drug-likeness (QED) is 0.870. The standard InChI is InChI=1S/C14H16N4S/c1-17(11-3-4-11)6-7-18-13-8-10(9-15)2-5-12(13)16-14(18)19/h2,5,8,11H,3-4,6-7H2,1H3,(H,16,19). The van der Waals surface area contributed by atoms with E-state index in [0.717, 1.165) is 34.9 Å². The largest absolute Gasteiger partial charge is 0.331 e. The zero-order chi connectivity index (χ0) is 13.4. The summed E-state index contributed by atoms with van der Waals surface area (Å²) in [4.78, 5) is 5.58. The summed E-state index contributed by atoms with van der Waals surface area (Å²) in [6, 6.07) is 8.57. The molecule has 0 unspecified atom stereocenters. The molecule has 0 radical (unpaired) electrons. The van der Waals surface area contributed by atoms with E-state index in [0.29, 0.717) is 5.56 Å². The first-order valence-corrected chi connectivity index (χ1v) is 6.93. The van der Waals surface area contributed by atoms with Crippen molar-refractivity contribution in [2.24, 2.45) is 0 Å². The van der Waals surface area contributed by atoms with Gasteiger partial charge in [0.2, 0.25) is 0 Å². The van der Waals surface area contributed by atoms with Gasteiger partial charge in [0, 0.05) is 19.1 Å². The number of imidazole rings is 1. The number of hydrogen-bond acceptors (Lipinski definition) is 3. The molecule has 0 bridgehead atoms. The second-order valence-corrected chi connectivity index (χ2v) is 5.52. The Morgan fingerprint density at radius 2 is 2.32 bits per heavy atom. The molecular formula is C14H16N4S. The summed E-state index contributed by atoms with van der Waals surface area (Å²) in [6.45, 7) is 1.85. The Balaban J connectivity index is 1.90. The third-order valence-corrected chi connectivity index (χ3v) is 4.07. The van der Waals surface area contributed by atoms with E-state index >= 15 is 0 Å². The fourth-order valence-corrected chi connectivity index (χ4v) is 2.70. The molecule has 0 saturated heterocycles. The molecule has 1 fully saturated rings. The molecule has 1 aliphatic rings. The van der Waals surface area contributed by atoms with Gasteiger partial charge in [-0.3, -0.25) is 0 Å². The molecule has 1 aromatic carbocycles. The Morgan fingerprint density at radius 3 is 3.00 bits per heavy atom. The summed E-state index contributed by atoms with van der Waals surface area (Å²) in [5.74, 6) is 0. The highest BCUT2D eigenvalue weighted by atomic mass is 32.1. The summed E-state index contributed by atoms with van der Waals surface area (Å²) in [7, 11) is 2.16. The highest BCUT2D eigenvalue weighted by Gasteiger charge is 2.25. The smallest absolute Gasteiger partial charge is 0.178 e. The zero-order valence-corrected chi connectivity index (χ0v) is 11.7. The number of nitrogens with zero attached hydrogens (tertiary/aromatic N) is 3. The van der Waals surface area contributed by atoms with Crippen molar-refractivity contribution in [1.29, 1.82) is 5.26 Å². The van der Waals surface area contributed by atoms with Crippen LogP contribution in [0.25, 0.3) is 11.0 Å². The Hall–Kier alpha value is -1.64. The van der Waals surface area contributed by atoms with Gasteiger partial charge in [0.05, 0.1) is 22.7 Å². The van der Waals surface area contributed by atoms with Gasteiger partial charge in [0.15, 0.2) is 4.77 Å². The molecule has 0 aliphatic heterocycles. The van der Waals surface area contributed by atoms with E-state index < -0.39 is 0 Å². The molecule has 1 saturated carbocycles. The second kappa shape index (κ2) is 4.80. The fourth-order valence-electron chi connectivity index (χ4n) is 2.40. The molecule has 3 rings (SSSR count). The number of aromatic nitrogens is 2. The van der Waals surface area contributed by atoms with Crippen molar-refractivity contribution in [2.75, 3.05) is 13.6 Å². The van der Waals surface area contributed by atoms with Crippen LogP contribution >= 0.6 is 12.2 Å². The maximum absolute atomic E-state index is 8.99. The lowest BCUT2D eigenvalue weighted by Crippen LogP contribution is -2.25. The van der Waals surface area contributed by atoms with Crippen LogP contribution in [-0.2, 0) is 6.54 Å². The fraction of sp³-hybridized carbons (Fsp3) is 0.429. The summed E-state index contributed by atoms with van der Waals surface area (Å²) in [5, 5.41) is 8.99. The average molecular weight is 272 g/mol. The third-order valence-electron chi connectivity index (χ3n) is 3.75. The molecule has 19 heavy (non-hydrogen) atoms. The lowest BCUT2D eigenvalue weighted by atomic mass is 10.2. The van der Waals surface area contributed by atoms with Crippen LogP contribution < -0.4 is 0 Å². The minimum Gasteiger partial charge on any atom is -0.331 e. The summed E-state index contributed by atoms with van der Waals surface area (Å²) < 4.78 is 2.82. The predicted octanol–water partition coefficient (Wildman–Crippen LogP) is 2.66. The Labute approximate surface area is 117 Å². The van der Waals surface area contributed by atoms with Crippen molar-refractivity contribution in [3.05, 3.63) is 28.5 Å². The molecule has 1 aromatic heterocycles. The monoisotopic (exact) mass is 272 g/mol. The average Bonchev–Trinajstić information content (AvgIpc) is 3.20. The number of H-pyrrole nitrogens is 1. The first-order valence-electron chi connectivity index (χ1n) is 6.52. The molecule has 1 N–H and O–H groups in total. The van der Waals surface area contributed by atoms with E-state index in [1.165, 1.54) is 12.8 Å². The normalized spacial score (nSPS) is 15.0. The van der Waals surface area contributed by atoms with Gasteiger partial charge in [-0.15, -0.1) is 0 Å². The van der Waals surface area contributed by atoms with E-state index in [1.54, 1.807) is 0 Å². The summed E-state index contributed by atoms with van der Waals surface area (Å²) in [6.07, 6.45) is 2.63. The molecule has 0 amide bonds. The van der Waals surface area contributed by atoms with Crippen molar-refractivity contribution in [2.45, 2.75) is 25.4 Å². The Kier molecular flexibility index (Phi) is 3.13. The Morgan fingerprint density at radius 1 is 1.53 bits per heavy atom. The predicted molar refractivity (Wildman–Crippen MR) is 77.5 cm³/mol. The van der Waals surface area contributed by atoms with E-state index in [1.807, 2.05) is 18.2 Å². The van der Waals surface area contributed by atoms with Crippen molar-refractivity contribution in [3.8, 4) is 6.07 Å². The second-order valence-electron chi connectivity index (χ2n) is 5.14. The van der Waals surface area contributed by atoms with E-state index in [-0.39, 0.29) is 0 Å². The third kappa shape index (κ3) is 2.42. The number of likely N-dealkylation sites (N-methyl/N-ethyl adjacent to an activating group) is 1. The number of benzene rings is 1. The SMILES string of the molecule is CN(CCn1c(=S)[nH]c2ccc(C#N)cc21)C1CC1. The van der Waals surface area contributed by atoms with Gasteiger partial charge in [0.1, 0.15) is 0 Å². The minimum atomic E-state index is 0.672. The van der Waals surface area contributed by atoms with E-state index in [4.69, 9.17) is 17.5 Å². The lowest BCUT2D eigenvalue weighted by molar-refractivity contribution is 0.310. The summed E-state index contributed by atoms with van der Waals surface area (Å²) >= 11 is 5.37. The van der Waals surface area contributed by atoms with Gasteiger partial charge < -0.3 is 14.5 Å². The number of nitriles is 1. The number of rotatable bonds is 4. The van der Waals surface area contributed by atoms with Crippen molar-refractivity contribution < 1.29 is 0 Å². The first kappa shape index (κ1) is 12.4. The highest BCUT2D eigenvalue weighted by Crippen LogP contribution is 2.25. The molecular weight excluding hydrogens is 256 g/mol. The van der Waals surface area contributed by atoms with Crippen molar-refractivity contribution in [1.82, 2.24) is 14.5 Å². The maximum atomic E-state index is 8.99. The molecule has 4 nitrogen and oxygen atoms in total. The number of hydrogen-bond donors (Lipinski definition) is 1. The van der Waals surface area contributed by atoms with Crippen LogP contribution in [0.2, 0.25) is 0 Å². The van der Waals surface area contributed by atoms with Crippen molar-refractivity contribution in [3.63, 3.8) is 0 Å². The van der Waals surface area contributed by atoms with Crippen LogP contribution in [0, 0.1) is 16.1 Å². The topological polar surface area (TPSA) is 47.8 Å². The molecule has 5 heteroatoms. The van der Waals surface area contributed by atoms with Gasteiger partial charge in [-0.1, -0.05) is 0 Å². The van der Waals surface area contributed by atoms with E-state index in [2.05, 4.69) is 27.6 Å². The molecule has 2 aromatic rings. The molecule has 0 spiro atoms. The molecule has 0 atom stereocenters. The van der Waals surface area contributed by atoms with Gasteiger partial charge in [0.25, 0.3) is 0 Å². The van der Waals surface area contributed by atoms with Crippen LogP contribution in [0.1, 0.15) is 18.4 Å². The van der Waals surface area contributed by atoms with Gasteiger partial charge in [-0.25, -0.2) is 0 Å². The molecule has 1 aliphatic carbocycles. The molecule has 1 heterocycles. The van der Waals surface area contributed by atoms with Crippen LogP contribution in [-0.4, -0.2) is 34.1 Å². The van der Waals surface area contributed by atoms with E-state index in [9.17, 15) is 0 Å². The highest BCUT2D eigenvalue weighted by molar-refractivity contribution is 7.71. The van der Waals surface area contributed by atoms with Crippen LogP contribution in [0.5, 0.6) is 0 Å². The maximum Gasteiger partial charge on any atom is 0.178 e. The lowest BCUT2D eigenvalue weighted by Gasteiger charge is -2.16. The van der Waals surface area contributed by atoms with Crippen LogP contribution in [0.3, 0.4) is 0 Å². The van der Waals surface area contributed by atoms with Gasteiger partial charge >= 0.3 is 0 Å². The first-order chi connectivity index (χ1) is 9.19. The number of aromatic amines is 1. The van der Waals surface area contributed by atoms with Crippen LogP contribution in [0.4, 0.5) is 0 Å². The van der Waals surface area contributed by atoms with Gasteiger partial charge in [-0.2, -0.15) is 5.26 Å².